The Kier molecular flexibility index (Phi) is 3.58. The van der Waals surface area contributed by atoms with Crippen LogP contribution in [-0.4, -0.2) is 43.5 Å². The first-order valence-corrected chi connectivity index (χ1v) is 7.74. The van der Waals surface area contributed by atoms with Gasteiger partial charge in [-0.15, -0.1) is 10.2 Å². The number of hydrogen-bond donors (Lipinski definition) is 1. The molecule has 3 rings (SSSR count). The van der Waals surface area contributed by atoms with Crippen molar-refractivity contribution in [2.75, 3.05) is 6.54 Å². The second-order valence-electron chi connectivity index (χ2n) is 7.42. The number of aliphatic hydroxyl groups excluding tert-OH is 1. The van der Waals surface area contributed by atoms with Gasteiger partial charge in [0.2, 0.25) is 0 Å². The van der Waals surface area contributed by atoms with Gasteiger partial charge in [0.25, 0.3) is 0 Å². The molecule has 1 saturated carbocycles. The predicted molar refractivity (Wildman–Crippen MR) is 77.0 cm³/mol. The number of rotatable bonds is 1. The summed E-state index contributed by atoms with van der Waals surface area (Å²) in [6, 6.07) is 0.276. The van der Waals surface area contributed by atoms with Gasteiger partial charge in [0.1, 0.15) is 12.2 Å². The highest BCUT2D eigenvalue weighted by Crippen LogP contribution is 2.39. The van der Waals surface area contributed by atoms with Crippen molar-refractivity contribution in [3.05, 3.63) is 12.2 Å². The molecular weight excluding hydrogens is 252 g/mol. The van der Waals surface area contributed by atoms with Crippen molar-refractivity contribution in [3.63, 3.8) is 0 Å². The molecule has 5 nitrogen and oxygen atoms in total. The van der Waals surface area contributed by atoms with Crippen LogP contribution >= 0.6 is 0 Å². The fourth-order valence-corrected chi connectivity index (χ4v) is 3.68. The van der Waals surface area contributed by atoms with E-state index in [0.29, 0.717) is 11.3 Å². The number of hydrogen-bond acceptors (Lipinski definition) is 4. The van der Waals surface area contributed by atoms with E-state index >= 15 is 0 Å². The summed E-state index contributed by atoms with van der Waals surface area (Å²) in [5.74, 6) is 1.72. The Morgan fingerprint density at radius 1 is 1.25 bits per heavy atom. The van der Waals surface area contributed by atoms with Crippen molar-refractivity contribution in [1.29, 1.82) is 0 Å². The van der Waals surface area contributed by atoms with Gasteiger partial charge in [-0.05, 0) is 30.6 Å². The highest BCUT2D eigenvalue weighted by Gasteiger charge is 2.38. The maximum atomic E-state index is 10.4. The van der Waals surface area contributed by atoms with E-state index in [0.717, 1.165) is 44.7 Å². The van der Waals surface area contributed by atoms with Crippen LogP contribution in [0.5, 0.6) is 0 Å². The Balaban J connectivity index is 1.72. The van der Waals surface area contributed by atoms with E-state index in [-0.39, 0.29) is 12.1 Å². The van der Waals surface area contributed by atoms with Gasteiger partial charge in [-0.1, -0.05) is 20.8 Å². The van der Waals surface area contributed by atoms with E-state index in [1.807, 2.05) is 6.33 Å². The lowest BCUT2D eigenvalue weighted by molar-refractivity contribution is -0.0270. The molecule has 3 atom stereocenters. The fraction of sp³-hybridized carbons (Fsp3) is 0.867. The van der Waals surface area contributed by atoms with E-state index < -0.39 is 0 Å². The molecule has 0 bridgehead atoms. The Morgan fingerprint density at radius 2 is 2.05 bits per heavy atom. The lowest BCUT2D eigenvalue weighted by Gasteiger charge is -2.45. The van der Waals surface area contributed by atoms with E-state index in [4.69, 9.17) is 0 Å². The molecule has 2 aliphatic rings. The molecule has 0 amide bonds. The van der Waals surface area contributed by atoms with Crippen molar-refractivity contribution in [3.8, 4) is 0 Å². The summed E-state index contributed by atoms with van der Waals surface area (Å²) in [6.45, 7) is 9.70. The first kappa shape index (κ1) is 14.0. The van der Waals surface area contributed by atoms with E-state index in [2.05, 4.69) is 40.4 Å². The maximum absolute atomic E-state index is 10.4. The molecule has 1 fully saturated rings. The standard InChI is InChI=1S/C15H26N4O/c1-15(2,3)11-4-5-13(20)12(8-11)18-6-7-19-10-16-17-14(19)9-18/h10-13,20H,4-9H2,1-3H3. The lowest BCUT2D eigenvalue weighted by Crippen LogP contribution is -2.51. The predicted octanol–water partition coefficient (Wildman–Crippen LogP) is 1.67. The van der Waals surface area contributed by atoms with E-state index in [1.165, 1.54) is 0 Å². The van der Waals surface area contributed by atoms with E-state index in [9.17, 15) is 5.11 Å². The maximum Gasteiger partial charge on any atom is 0.147 e. The third-order valence-corrected chi connectivity index (χ3v) is 5.14. The zero-order valence-corrected chi connectivity index (χ0v) is 12.8. The van der Waals surface area contributed by atoms with Crippen molar-refractivity contribution in [2.45, 2.75) is 65.3 Å². The van der Waals surface area contributed by atoms with Crippen LogP contribution in [0, 0.1) is 11.3 Å². The molecule has 1 aromatic heterocycles. The smallest absolute Gasteiger partial charge is 0.147 e. The summed E-state index contributed by atoms with van der Waals surface area (Å²) in [7, 11) is 0. The van der Waals surface area contributed by atoms with Crippen LogP contribution in [0.2, 0.25) is 0 Å². The number of nitrogens with zero attached hydrogens (tertiary/aromatic N) is 4. The van der Waals surface area contributed by atoms with Gasteiger partial charge in [-0.3, -0.25) is 4.90 Å². The zero-order chi connectivity index (χ0) is 14.3. The second-order valence-corrected chi connectivity index (χ2v) is 7.42. The minimum atomic E-state index is -0.192. The van der Waals surface area contributed by atoms with Crippen molar-refractivity contribution in [2.24, 2.45) is 11.3 Å². The fourth-order valence-electron chi connectivity index (χ4n) is 3.68. The van der Waals surface area contributed by atoms with Crippen LogP contribution in [0.25, 0.3) is 0 Å². The molecule has 1 aliphatic heterocycles. The van der Waals surface area contributed by atoms with Crippen molar-refractivity contribution < 1.29 is 5.11 Å². The highest BCUT2D eigenvalue weighted by atomic mass is 16.3. The third kappa shape index (κ3) is 2.61. The quantitative estimate of drug-likeness (QED) is 0.849. The summed E-state index contributed by atoms with van der Waals surface area (Å²) < 4.78 is 2.12. The van der Waals surface area contributed by atoms with Crippen LogP contribution in [0.15, 0.2) is 6.33 Å². The topological polar surface area (TPSA) is 54.2 Å². The molecule has 0 aromatic carbocycles. The summed E-state index contributed by atoms with van der Waals surface area (Å²) in [4.78, 5) is 2.41. The monoisotopic (exact) mass is 278 g/mol. The molecule has 3 unspecified atom stereocenters. The molecule has 112 valence electrons. The summed E-state index contributed by atoms with van der Waals surface area (Å²) in [5, 5.41) is 18.6. The number of fused-ring (bicyclic) bond motifs is 1. The number of aromatic nitrogens is 3. The average molecular weight is 278 g/mol. The Hall–Kier alpha value is -0.940. The Morgan fingerprint density at radius 3 is 2.80 bits per heavy atom. The highest BCUT2D eigenvalue weighted by molar-refractivity contribution is 4.96. The van der Waals surface area contributed by atoms with Crippen molar-refractivity contribution >= 4 is 0 Å². The minimum Gasteiger partial charge on any atom is -0.391 e. The molecular formula is C15H26N4O. The Labute approximate surface area is 121 Å². The van der Waals surface area contributed by atoms with Gasteiger partial charge in [0.15, 0.2) is 0 Å². The molecule has 1 aliphatic carbocycles. The molecule has 1 aromatic rings. The summed E-state index contributed by atoms with van der Waals surface area (Å²) in [5.41, 5.74) is 0.328. The average Bonchev–Trinajstić information content (AvgIpc) is 2.85. The summed E-state index contributed by atoms with van der Waals surface area (Å²) in [6.07, 6.45) is 4.78. The summed E-state index contributed by atoms with van der Waals surface area (Å²) >= 11 is 0. The molecule has 20 heavy (non-hydrogen) atoms. The largest absolute Gasteiger partial charge is 0.391 e. The molecule has 0 radical (unpaired) electrons. The van der Waals surface area contributed by atoms with Crippen LogP contribution in [-0.2, 0) is 13.1 Å². The normalized spacial score (nSPS) is 32.1. The first-order valence-electron chi connectivity index (χ1n) is 7.74. The second kappa shape index (κ2) is 5.11. The Bertz CT molecular complexity index is 465. The lowest BCUT2D eigenvalue weighted by atomic mass is 9.70. The van der Waals surface area contributed by atoms with Gasteiger partial charge in [0.05, 0.1) is 12.6 Å². The van der Waals surface area contributed by atoms with Crippen LogP contribution in [0.4, 0.5) is 0 Å². The molecule has 1 N–H and O–H groups in total. The van der Waals surface area contributed by atoms with E-state index in [1.54, 1.807) is 0 Å². The van der Waals surface area contributed by atoms with Crippen LogP contribution in [0.1, 0.15) is 45.9 Å². The minimum absolute atomic E-state index is 0.192. The third-order valence-electron chi connectivity index (χ3n) is 5.14. The first-order chi connectivity index (χ1) is 9.45. The van der Waals surface area contributed by atoms with Gasteiger partial charge in [-0.2, -0.15) is 0 Å². The van der Waals surface area contributed by atoms with Crippen LogP contribution in [0.3, 0.4) is 0 Å². The van der Waals surface area contributed by atoms with Crippen LogP contribution < -0.4 is 0 Å². The zero-order valence-electron chi connectivity index (χ0n) is 12.8. The molecule has 0 saturated heterocycles. The van der Waals surface area contributed by atoms with Gasteiger partial charge in [0, 0.05) is 19.1 Å². The SMILES string of the molecule is CC(C)(C)C1CCC(O)C(N2CCn3cnnc3C2)C1. The molecule has 0 spiro atoms. The molecule has 2 heterocycles. The molecule has 5 heteroatoms. The van der Waals surface area contributed by atoms with Gasteiger partial charge < -0.3 is 9.67 Å². The number of aliphatic hydroxyl groups is 1. The van der Waals surface area contributed by atoms with Gasteiger partial charge in [-0.25, -0.2) is 0 Å². The van der Waals surface area contributed by atoms with Crippen molar-refractivity contribution in [1.82, 2.24) is 19.7 Å². The van der Waals surface area contributed by atoms with Gasteiger partial charge >= 0.3 is 0 Å².